The number of fused-ring (bicyclic) bond motifs is 1. The van der Waals surface area contributed by atoms with Crippen molar-refractivity contribution < 1.29 is 47.5 Å². The molecule has 0 radical (unpaired) electrons. The van der Waals surface area contributed by atoms with E-state index in [9.17, 15) is 9.90 Å². The third kappa shape index (κ3) is 9.86. The highest BCUT2D eigenvalue weighted by Gasteiger charge is 2.54. The van der Waals surface area contributed by atoms with Gasteiger partial charge in [0.15, 0.2) is 20.9 Å². The lowest BCUT2D eigenvalue weighted by Crippen LogP contribution is -2.55. The summed E-state index contributed by atoms with van der Waals surface area (Å²) in [7, 11) is 0.565. The fourth-order valence-electron chi connectivity index (χ4n) is 7.61. The summed E-state index contributed by atoms with van der Waals surface area (Å²) in [5, 5.41) is 12.8. The molecule has 0 amide bonds. The smallest absolute Gasteiger partial charge is 0.341 e. The highest BCUT2D eigenvalue weighted by atomic mass is 28.4. The Balaban J connectivity index is 1.55. The molecular formula is C45H62O10Si. The fraction of sp³-hybridized carbons (Fsp3) is 0.533. The molecule has 0 bridgehead atoms. The second-order valence-electron chi connectivity index (χ2n) is 16.5. The monoisotopic (exact) mass is 790 g/mol. The van der Waals surface area contributed by atoms with Gasteiger partial charge in [-0.2, -0.15) is 0 Å². The Hall–Kier alpha value is -3.71. The van der Waals surface area contributed by atoms with Crippen LogP contribution in [0.15, 0.2) is 73.8 Å². The van der Waals surface area contributed by atoms with E-state index in [0.717, 1.165) is 37.7 Å². The molecule has 0 unspecified atom stereocenters. The number of phenolic OH excluding ortho intramolecular Hbond substituents is 1. The first kappa shape index (κ1) is 43.4. The maximum atomic E-state index is 13.6. The SMILES string of the molecule is C=CCOc1cc(OCOCc2ccccc2)c2c(O)c(C(=O)OC)c(C[C@H](C=C)[C@H](OC)[C@@H](O[Si](C)(C)C(C)(C)C)[C@H]3OC4(CCCCC4)O[C@@H]3C)cc2c1. The predicted molar refractivity (Wildman–Crippen MR) is 221 cm³/mol. The molecule has 3 aromatic rings. The molecule has 56 heavy (non-hydrogen) atoms. The summed E-state index contributed by atoms with van der Waals surface area (Å²) in [5.74, 6) is -1.22. The first-order valence-corrected chi connectivity index (χ1v) is 22.7. The standard InChI is InChI=1S/C45H62O10Si/c1-11-23-51-35-26-34-25-33(38(43(47)49-8)39(46)37(34)36(27-35)52-29-50-28-31-19-15-13-16-20-31)24-32(12-2)41(48-7)42(55-56(9,10)44(4,5)6)40-30(3)53-45(54-40)21-17-14-18-22-45/h11-13,15-16,19-20,25-27,30,32,40-42,46H,1-2,14,17-18,21-24,28-29H2,3-10H3/t30-,32+,40+,41+,42+/m1/s1. The average Bonchev–Trinajstić information content (AvgIpc) is 3.48. The maximum Gasteiger partial charge on any atom is 0.341 e. The van der Waals surface area contributed by atoms with Crippen molar-refractivity contribution >= 4 is 25.1 Å². The summed E-state index contributed by atoms with van der Waals surface area (Å²) in [4.78, 5) is 13.6. The molecule has 5 rings (SSSR count). The van der Waals surface area contributed by atoms with Gasteiger partial charge in [0, 0.05) is 31.9 Å². The third-order valence-corrected chi connectivity index (χ3v) is 16.0. The number of rotatable bonds is 18. The molecule has 1 saturated carbocycles. The lowest BCUT2D eigenvalue weighted by atomic mass is 9.85. The van der Waals surface area contributed by atoms with Gasteiger partial charge in [0.25, 0.3) is 0 Å². The summed E-state index contributed by atoms with van der Waals surface area (Å²) < 4.78 is 50.4. The number of methoxy groups -OCH3 is 2. The van der Waals surface area contributed by atoms with Crippen LogP contribution < -0.4 is 9.47 Å². The average molecular weight is 791 g/mol. The number of carbonyl (C=O) groups is 1. The van der Waals surface area contributed by atoms with Gasteiger partial charge in [-0.15, -0.1) is 6.58 Å². The van der Waals surface area contributed by atoms with Crippen molar-refractivity contribution in [2.75, 3.05) is 27.6 Å². The number of carbonyl (C=O) groups excluding carboxylic acids is 1. The van der Waals surface area contributed by atoms with E-state index in [2.05, 4.69) is 53.9 Å². The zero-order chi connectivity index (χ0) is 40.7. The van der Waals surface area contributed by atoms with Crippen LogP contribution in [-0.4, -0.2) is 77.2 Å². The van der Waals surface area contributed by atoms with Gasteiger partial charge >= 0.3 is 5.97 Å². The Morgan fingerprint density at radius 2 is 1.75 bits per heavy atom. The molecule has 1 saturated heterocycles. The van der Waals surface area contributed by atoms with Crippen molar-refractivity contribution in [3.8, 4) is 17.2 Å². The minimum Gasteiger partial charge on any atom is -0.506 e. The van der Waals surface area contributed by atoms with Crippen LogP contribution in [-0.2, 0) is 41.1 Å². The summed E-state index contributed by atoms with van der Waals surface area (Å²) in [6.45, 7) is 21.6. The number of aromatic hydroxyl groups is 1. The van der Waals surface area contributed by atoms with E-state index in [-0.39, 0.29) is 48.0 Å². The van der Waals surface area contributed by atoms with Crippen LogP contribution in [0.25, 0.3) is 10.8 Å². The Labute approximate surface area is 334 Å². The number of ether oxygens (including phenoxy) is 7. The highest BCUT2D eigenvalue weighted by Crippen LogP contribution is 2.47. The van der Waals surface area contributed by atoms with E-state index in [1.165, 1.54) is 7.11 Å². The van der Waals surface area contributed by atoms with E-state index in [1.807, 2.05) is 42.5 Å². The van der Waals surface area contributed by atoms with Crippen LogP contribution in [0.4, 0.5) is 0 Å². The van der Waals surface area contributed by atoms with Gasteiger partial charge in [-0.25, -0.2) is 4.79 Å². The molecule has 3 aromatic carbocycles. The van der Waals surface area contributed by atoms with Crippen LogP contribution in [0.3, 0.4) is 0 Å². The minimum absolute atomic E-state index is 0.0216. The van der Waals surface area contributed by atoms with Gasteiger partial charge in [0.05, 0.1) is 31.3 Å². The second-order valence-corrected chi connectivity index (χ2v) is 21.2. The molecule has 0 aromatic heterocycles. The van der Waals surface area contributed by atoms with Crippen molar-refractivity contribution in [3.05, 3.63) is 90.5 Å². The Kier molecular flexibility index (Phi) is 14.5. The first-order chi connectivity index (χ1) is 26.7. The Morgan fingerprint density at radius 3 is 2.38 bits per heavy atom. The maximum absolute atomic E-state index is 13.6. The predicted octanol–water partition coefficient (Wildman–Crippen LogP) is 9.66. The summed E-state index contributed by atoms with van der Waals surface area (Å²) in [6, 6.07) is 15.1. The van der Waals surface area contributed by atoms with Gasteiger partial charge in [-0.1, -0.05) is 76.3 Å². The molecule has 2 fully saturated rings. The molecular weight excluding hydrogens is 729 g/mol. The quantitative estimate of drug-likeness (QED) is 0.0440. The van der Waals surface area contributed by atoms with Crippen molar-refractivity contribution in [1.82, 2.24) is 0 Å². The van der Waals surface area contributed by atoms with Gasteiger partial charge in [-0.05, 0) is 73.0 Å². The Bertz CT molecular complexity index is 1800. The second kappa shape index (κ2) is 18.7. The van der Waals surface area contributed by atoms with Crippen LogP contribution in [0.5, 0.6) is 17.2 Å². The number of hydrogen-bond acceptors (Lipinski definition) is 10. The van der Waals surface area contributed by atoms with E-state index in [1.54, 1.807) is 25.3 Å². The van der Waals surface area contributed by atoms with Crippen molar-refractivity contribution in [2.24, 2.45) is 5.92 Å². The Morgan fingerprint density at radius 1 is 1.04 bits per heavy atom. The largest absolute Gasteiger partial charge is 0.506 e. The fourth-order valence-corrected chi connectivity index (χ4v) is 8.92. The number of hydrogen-bond donors (Lipinski definition) is 1. The molecule has 2 aliphatic rings. The molecule has 306 valence electrons. The van der Waals surface area contributed by atoms with E-state index in [0.29, 0.717) is 28.7 Å². The molecule has 11 heteroatoms. The lowest BCUT2D eigenvalue weighted by Gasteiger charge is -2.44. The third-order valence-electron chi connectivity index (χ3n) is 11.6. The van der Waals surface area contributed by atoms with Crippen molar-refractivity contribution in [3.63, 3.8) is 0 Å². The summed E-state index contributed by atoms with van der Waals surface area (Å²) >= 11 is 0. The van der Waals surface area contributed by atoms with E-state index < -0.39 is 44.3 Å². The molecule has 1 aliphatic heterocycles. The number of phenols is 1. The topological polar surface area (TPSA) is 111 Å². The summed E-state index contributed by atoms with van der Waals surface area (Å²) in [6.07, 6.45) is 6.94. The molecule has 1 spiro atoms. The highest BCUT2D eigenvalue weighted by molar-refractivity contribution is 6.74. The summed E-state index contributed by atoms with van der Waals surface area (Å²) in [5.41, 5.74) is 1.54. The zero-order valence-electron chi connectivity index (χ0n) is 34.6. The van der Waals surface area contributed by atoms with Gasteiger partial charge in [0.1, 0.15) is 41.6 Å². The van der Waals surface area contributed by atoms with E-state index in [4.69, 9.17) is 37.6 Å². The van der Waals surface area contributed by atoms with Crippen LogP contribution in [0.1, 0.15) is 81.3 Å². The molecule has 1 aliphatic carbocycles. The van der Waals surface area contributed by atoms with Crippen LogP contribution in [0.2, 0.25) is 18.1 Å². The van der Waals surface area contributed by atoms with Crippen molar-refractivity contribution in [2.45, 2.75) is 121 Å². The molecule has 1 N–H and O–H groups in total. The van der Waals surface area contributed by atoms with Gasteiger partial charge < -0.3 is 42.7 Å². The number of benzene rings is 3. The normalized spacial score (nSPS) is 20.0. The number of esters is 1. The van der Waals surface area contributed by atoms with Gasteiger partial charge in [0.2, 0.25) is 0 Å². The van der Waals surface area contributed by atoms with Crippen LogP contribution >= 0.6 is 0 Å². The molecule has 5 atom stereocenters. The van der Waals surface area contributed by atoms with Gasteiger partial charge in [-0.3, -0.25) is 0 Å². The minimum atomic E-state index is -2.40. The van der Waals surface area contributed by atoms with Crippen molar-refractivity contribution in [1.29, 1.82) is 0 Å². The zero-order valence-corrected chi connectivity index (χ0v) is 35.6. The lowest BCUT2D eigenvalue weighted by molar-refractivity contribution is -0.204. The van der Waals surface area contributed by atoms with E-state index >= 15 is 0 Å². The molecule has 10 nitrogen and oxygen atoms in total. The first-order valence-electron chi connectivity index (χ1n) is 19.8. The molecule has 1 heterocycles. The van der Waals surface area contributed by atoms with Crippen LogP contribution in [0, 0.1) is 5.92 Å².